The van der Waals surface area contributed by atoms with E-state index in [0.29, 0.717) is 31.7 Å². The monoisotopic (exact) mass is 370 g/mol. The van der Waals surface area contributed by atoms with Gasteiger partial charge in [0.1, 0.15) is 0 Å². The van der Waals surface area contributed by atoms with Gasteiger partial charge in [-0.05, 0) is 24.5 Å². The minimum Gasteiger partial charge on any atom is -0.378 e. The number of hydrogen-bond acceptors (Lipinski definition) is 3. The van der Waals surface area contributed by atoms with Crippen LogP contribution < -0.4 is 10.6 Å². The van der Waals surface area contributed by atoms with Crippen LogP contribution in [0.5, 0.6) is 0 Å². The van der Waals surface area contributed by atoms with Crippen molar-refractivity contribution in [2.24, 2.45) is 0 Å². The van der Waals surface area contributed by atoms with Crippen LogP contribution in [-0.2, 0) is 21.1 Å². The first-order chi connectivity index (χ1) is 12.4. The number of amides is 1. The molecule has 0 bridgehead atoms. The molecule has 1 saturated heterocycles. The van der Waals surface area contributed by atoms with Gasteiger partial charge in [-0.1, -0.05) is 31.0 Å². The molecular formula is C19H25F3N2O2. The first-order valence-corrected chi connectivity index (χ1v) is 9.15. The number of benzene rings is 1. The average molecular weight is 370 g/mol. The van der Waals surface area contributed by atoms with Gasteiger partial charge >= 0.3 is 6.18 Å². The second-order valence-corrected chi connectivity index (χ2v) is 7.27. The fraction of sp³-hybridized carbons (Fsp3) is 0.632. The first kappa shape index (κ1) is 19.2. The van der Waals surface area contributed by atoms with Crippen LogP contribution in [-0.4, -0.2) is 38.3 Å². The fourth-order valence-electron chi connectivity index (χ4n) is 3.96. The molecule has 2 fully saturated rings. The Balaban J connectivity index is 1.67. The lowest BCUT2D eigenvalue weighted by Crippen LogP contribution is -2.46. The predicted molar refractivity (Wildman–Crippen MR) is 91.8 cm³/mol. The number of ether oxygens (including phenoxy) is 1. The van der Waals surface area contributed by atoms with Crippen molar-refractivity contribution in [2.75, 3.05) is 26.3 Å². The molecule has 1 aromatic carbocycles. The van der Waals surface area contributed by atoms with Crippen LogP contribution in [0.1, 0.15) is 43.2 Å². The molecule has 1 unspecified atom stereocenters. The molecule has 4 nitrogen and oxygen atoms in total. The van der Waals surface area contributed by atoms with Crippen LogP contribution in [0.15, 0.2) is 24.3 Å². The summed E-state index contributed by atoms with van der Waals surface area (Å²) in [5, 5.41) is 6.19. The molecule has 2 aliphatic rings. The van der Waals surface area contributed by atoms with Crippen molar-refractivity contribution >= 4 is 5.91 Å². The van der Waals surface area contributed by atoms with Crippen LogP contribution in [0, 0.1) is 0 Å². The van der Waals surface area contributed by atoms with Crippen molar-refractivity contribution in [3.8, 4) is 0 Å². The standard InChI is InChI=1S/C19H25F3N2O2/c20-19(21,22)15-5-3-4-14(10-15)18(6-1-2-7-18)13-24-17(25)11-16-12-26-9-8-23-16/h3-5,10,16,23H,1-2,6-9,11-13H2,(H,24,25). The van der Waals surface area contributed by atoms with Gasteiger partial charge in [0.25, 0.3) is 0 Å². The normalized spacial score (nSPS) is 23.0. The maximum Gasteiger partial charge on any atom is 0.416 e. The molecule has 7 heteroatoms. The molecule has 1 amide bonds. The molecule has 2 N–H and O–H groups in total. The number of carbonyl (C=O) groups excluding carboxylic acids is 1. The van der Waals surface area contributed by atoms with Gasteiger partial charge in [0, 0.05) is 31.0 Å². The average Bonchev–Trinajstić information content (AvgIpc) is 3.11. The third-order valence-electron chi connectivity index (χ3n) is 5.42. The van der Waals surface area contributed by atoms with Crippen molar-refractivity contribution in [3.63, 3.8) is 0 Å². The zero-order valence-corrected chi connectivity index (χ0v) is 14.7. The molecule has 1 heterocycles. The quantitative estimate of drug-likeness (QED) is 0.838. The van der Waals surface area contributed by atoms with Gasteiger partial charge in [0.2, 0.25) is 5.91 Å². The summed E-state index contributed by atoms with van der Waals surface area (Å²) in [7, 11) is 0. The summed E-state index contributed by atoms with van der Waals surface area (Å²) < 4.78 is 44.5. The van der Waals surface area contributed by atoms with Gasteiger partial charge in [-0.2, -0.15) is 13.2 Å². The number of alkyl halides is 3. The largest absolute Gasteiger partial charge is 0.416 e. The third-order valence-corrected chi connectivity index (χ3v) is 5.42. The number of hydrogen-bond donors (Lipinski definition) is 2. The van der Waals surface area contributed by atoms with E-state index in [1.54, 1.807) is 6.07 Å². The lowest BCUT2D eigenvalue weighted by molar-refractivity contribution is -0.137. The summed E-state index contributed by atoms with van der Waals surface area (Å²) in [4.78, 5) is 12.3. The molecule has 1 aliphatic heterocycles. The van der Waals surface area contributed by atoms with E-state index in [0.717, 1.165) is 38.3 Å². The Morgan fingerprint density at radius 3 is 2.73 bits per heavy atom. The summed E-state index contributed by atoms with van der Waals surface area (Å²) in [6, 6.07) is 5.55. The second-order valence-electron chi connectivity index (χ2n) is 7.27. The Hall–Kier alpha value is -1.60. The lowest BCUT2D eigenvalue weighted by Gasteiger charge is -2.31. The summed E-state index contributed by atoms with van der Waals surface area (Å²) in [5.74, 6) is -0.0914. The molecule has 0 spiro atoms. The van der Waals surface area contributed by atoms with Crippen molar-refractivity contribution in [2.45, 2.75) is 49.7 Å². The molecule has 1 atom stereocenters. The SMILES string of the molecule is O=C(CC1COCCN1)NCC1(c2cccc(C(F)(F)F)c2)CCCC1. The number of morpholine rings is 1. The van der Waals surface area contributed by atoms with E-state index < -0.39 is 17.2 Å². The molecule has 26 heavy (non-hydrogen) atoms. The molecular weight excluding hydrogens is 345 g/mol. The Morgan fingerprint density at radius 1 is 1.31 bits per heavy atom. The zero-order valence-electron chi connectivity index (χ0n) is 14.7. The highest BCUT2D eigenvalue weighted by Gasteiger charge is 2.38. The van der Waals surface area contributed by atoms with Crippen LogP contribution in [0.3, 0.4) is 0 Å². The Morgan fingerprint density at radius 2 is 2.08 bits per heavy atom. The van der Waals surface area contributed by atoms with E-state index in [1.807, 2.05) is 0 Å². The van der Waals surface area contributed by atoms with Crippen LogP contribution in [0.25, 0.3) is 0 Å². The molecule has 0 radical (unpaired) electrons. The third kappa shape index (κ3) is 4.57. The van der Waals surface area contributed by atoms with Crippen molar-refractivity contribution in [1.82, 2.24) is 10.6 Å². The summed E-state index contributed by atoms with van der Waals surface area (Å²) in [6.45, 7) is 2.26. The number of nitrogens with one attached hydrogen (secondary N) is 2. The minimum absolute atomic E-state index is 0.00293. The molecule has 3 rings (SSSR count). The van der Waals surface area contributed by atoms with E-state index in [9.17, 15) is 18.0 Å². The first-order valence-electron chi connectivity index (χ1n) is 9.15. The maximum absolute atomic E-state index is 13.1. The zero-order chi connectivity index (χ0) is 18.6. The number of carbonyl (C=O) groups is 1. The molecule has 1 aliphatic carbocycles. The maximum atomic E-state index is 13.1. The van der Waals surface area contributed by atoms with Gasteiger partial charge in [0.15, 0.2) is 0 Å². The van der Waals surface area contributed by atoms with E-state index in [-0.39, 0.29) is 11.9 Å². The Labute approximate surface area is 151 Å². The molecule has 1 aromatic rings. The number of halogens is 3. The second kappa shape index (κ2) is 7.96. The predicted octanol–water partition coefficient (Wildman–Crippen LogP) is 3.01. The van der Waals surface area contributed by atoms with Gasteiger partial charge < -0.3 is 15.4 Å². The van der Waals surface area contributed by atoms with E-state index in [4.69, 9.17) is 4.74 Å². The highest BCUT2D eigenvalue weighted by Crippen LogP contribution is 2.42. The summed E-state index contributed by atoms with van der Waals surface area (Å²) >= 11 is 0. The van der Waals surface area contributed by atoms with Crippen molar-refractivity contribution in [1.29, 1.82) is 0 Å². The number of rotatable bonds is 5. The van der Waals surface area contributed by atoms with Gasteiger partial charge in [-0.25, -0.2) is 0 Å². The Bertz CT molecular complexity index is 621. The summed E-state index contributed by atoms with van der Waals surface area (Å²) in [5.41, 5.74) is -0.367. The summed E-state index contributed by atoms with van der Waals surface area (Å²) in [6.07, 6.45) is -0.530. The van der Waals surface area contributed by atoms with Crippen LogP contribution in [0.4, 0.5) is 13.2 Å². The molecule has 144 valence electrons. The van der Waals surface area contributed by atoms with Crippen molar-refractivity contribution < 1.29 is 22.7 Å². The van der Waals surface area contributed by atoms with E-state index in [2.05, 4.69) is 10.6 Å². The molecule has 1 saturated carbocycles. The van der Waals surface area contributed by atoms with Crippen LogP contribution >= 0.6 is 0 Å². The van der Waals surface area contributed by atoms with E-state index >= 15 is 0 Å². The topological polar surface area (TPSA) is 50.4 Å². The Kier molecular flexibility index (Phi) is 5.87. The highest BCUT2D eigenvalue weighted by atomic mass is 19.4. The van der Waals surface area contributed by atoms with E-state index in [1.165, 1.54) is 12.1 Å². The van der Waals surface area contributed by atoms with Crippen molar-refractivity contribution in [3.05, 3.63) is 35.4 Å². The highest BCUT2D eigenvalue weighted by molar-refractivity contribution is 5.76. The molecule has 0 aromatic heterocycles. The van der Waals surface area contributed by atoms with Gasteiger partial charge in [0.05, 0.1) is 18.8 Å². The minimum atomic E-state index is -4.36. The van der Waals surface area contributed by atoms with Gasteiger partial charge in [-0.15, -0.1) is 0 Å². The van der Waals surface area contributed by atoms with Crippen LogP contribution in [0.2, 0.25) is 0 Å². The van der Waals surface area contributed by atoms with Gasteiger partial charge in [-0.3, -0.25) is 4.79 Å². The fourth-order valence-corrected chi connectivity index (χ4v) is 3.96. The smallest absolute Gasteiger partial charge is 0.378 e. The lowest BCUT2D eigenvalue weighted by atomic mass is 9.78.